The highest BCUT2D eigenvalue weighted by atomic mass is 32.2. The molecule has 0 atom stereocenters. The van der Waals surface area contributed by atoms with Crippen LogP contribution in [0.25, 0.3) is 0 Å². The smallest absolute Gasteiger partial charge is 0.243 e. The molecule has 1 aliphatic heterocycles. The van der Waals surface area contributed by atoms with Crippen LogP contribution >= 0.6 is 0 Å². The molecule has 0 aromatic heterocycles. The maximum Gasteiger partial charge on any atom is 0.243 e. The van der Waals surface area contributed by atoms with Crippen LogP contribution in [0.1, 0.15) is 19.4 Å². The van der Waals surface area contributed by atoms with Gasteiger partial charge in [0, 0.05) is 13.1 Å². The Morgan fingerprint density at radius 2 is 2.05 bits per heavy atom. The van der Waals surface area contributed by atoms with E-state index in [9.17, 15) is 13.5 Å². The van der Waals surface area contributed by atoms with Crippen molar-refractivity contribution in [1.82, 2.24) is 4.31 Å². The number of sulfonamides is 1. The highest BCUT2D eigenvalue weighted by Gasteiger charge is 2.43. The molecule has 0 unspecified atom stereocenters. The molecule has 1 aromatic carbocycles. The molecule has 1 aromatic rings. The van der Waals surface area contributed by atoms with E-state index in [2.05, 4.69) is 0 Å². The molecule has 1 aliphatic rings. The minimum Gasteiger partial charge on any atom is -0.494 e. The van der Waals surface area contributed by atoms with E-state index in [0.717, 1.165) is 5.56 Å². The van der Waals surface area contributed by atoms with E-state index in [4.69, 9.17) is 4.74 Å². The molecule has 0 aliphatic carbocycles. The van der Waals surface area contributed by atoms with E-state index in [0.29, 0.717) is 12.4 Å². The molecule has 0 saturated carbocycles. The van der Waals surface area contributed by atoms with Gasteiger partial charge in [0.15, 0.2) is 0 Å². The molecule has 2 rings (SSSR count). The molecule has 19 heavy (non-hydrogen) atoms. The van der Waals surface area contributed by atoms with Crippen LogP contribution < -0.4 is 4.74 Å². The predicted octanol–water partition coefficient (Wildman–Crippen LogP) is 1.15. The highest BCUT2D eigenvalue weighted by Crippen LogP contribution is 2.29. The normalized spacial score (nSPS) is 18.9. The summed E-state index contributed by atoms with van der Waals surface area (Å²) in [4.78, 5) is 0.240. The van der Waals surface area contributed by atoms with Crippen LogP contribution in [0.3, 0.4) is 0 Å². The number of ether oxygens (including phenoxy) is 1. The van der Waals surface area contributed by atoms with Crippen molar-refractivity contribution in [2.75, 3.05) is 19.7 Å². The Kier molecular flexibility index (Phi) is 3.59. The number of nitrogens with zero attached hydrogens (tertiary/aromatic N) is 1. The van der Waals surface area contributed by atoms with Crippen LogP contribution in [0.15, 0.2) is 23.1 Å². The lowest BCUT2D eigenvalue weighted by atomic mass is 10.0. The van der Waals surface area contributed by atoms with Gasteiger partial charge in [-0.25, -0.2) is 8.42 Å². The lowest BCUT2D eigenvalue weighted by Crippen LogP contribution is -2.61. The molecule has 106 valence electrons. The monoisotopic (exact) mass is 285 g/mol. The molecular weight excluding hydrogens is 266 g/mol. The molecular formula is C13H19NO4S. The second kappa shape index (κ2) is 4.77. The number of aryl methyl sites for hydroxylation is 1. The van der Waals surface area contributed by atoms with Crippen LogP contribution in [0.4, 0.5) is 0 Å². The number of benzene rings is 1. The third-order valence-electron chi connectivity index (χ3n) is 3.12. The van der Waals surface area contributed by atoms with Crippen molar-refractivity contribution >= 4 is 10.0 Å². The average Bonchev–Trinajstić information content (AvgIpc) is 2.28. The highest BCUT2D eigenvalue weighted by molar-refractivity contribution is 7.89. The van der Waals surface area contributed by atoms with Crippen LogP contribution in [-0.4, -0.2) is 43.1 Å². The fourth-order valence-corrected chi connectivity index (χ4v) is 3.89. The van der Waals surface area contributed by atoms with Gasteiger partial charge in [-0.05, 0) is 44.5 Å². The number of hydrogen-bond acceptors (Lipinski definition) is 4. The molecule has 6 heteroatoms. The molecule has 5 nitrogen and oxygen atoms in total. The van der Waals surface area contributed by atoms with Crippen LogP contribution in [0.2, 0.25) is 0 Å². The van der Waals surface area contributed by atoms with E-state index in [1.54, 1.807) is 25.1 Å². The Balaban J connectivity index is 2.25. The van der Waals surface area contributed by atoms with E-state index in [1.807, 2.05) is 13.8 Å². The summed E-state index contributed by atoms with van der Waals surface area (Å²) < 4.78 is 31.3. The molecule has 0 radical (unpaired) electrons. The van der Waals surface area contributed by atoms with Gasteiger partial charge in [0.05, 0.1) is 17.1 Å². The zero-order valence-corrected chi connectivity index (χ0v) is 12.2. The predicted molar refractivity (Wildman–Crippen MR) is 71.7 cm³/mol. The van der Waals surface area contributed by atoms with Crippen molar-refractivity contribution in [3.8, 4) is 5.75 Å². The van der Waals surface area contributed by atoms with E-state index < -0.39 is 15.6 Å². The first-order valence-corrected chi connectivity index (χ1v) is 7.66. The van der Waals surface area contributed by atoms with E-state index >= 15 is 0 Å². The van der Waals surface area contributed by atoms with Crippen LogP contribution in [0, 0.1) is 6.92 Å². The van der Waals surface area contributed by atoms with Gasteiger partial charge >= 0.3 is 0 Å². The zero-order valence-electron chi connectivity index (χ0n) is 11.4. The third kappa shape index (κ3) is 2.75. The van der Waals surface area contributed by atoms with E-state index in [-0.39, 0.29) is 18.0 Å². The average molecular weight is 285 g/mol. The quantitative estimate of drug-likeness (QED) is 0.901. The number of hydrogen-bond donors (Lipinski definition) is 1. The van der Waals surface area contributed by atoms with Gasteiger partial charge in [-0.3, -0.25) is 0 Å². The Morgan fingerprint density at radius 3 is 2.53 bits per heavy atom. The number of rotatable bonds is 4. The molecule has 0 amide bonds. The van der Waals surface area contributed by atoms with Crippen molar-refractivity contribution < 1.29 is 18.3 Å². The second-order valence-electron chi connectivity index (χ2n) is 5.13. The number of aliphatic hydroxyl groups is 1. The fraction of sp³-hybridized carbons (Fsp3) is 0.538. The summed E-state index contributed by atoms with van der Waals surface area (Å²) in [5, 5.41) is 9.64. The summed E-state index contributed by atoms with van der Waals surface area (Å²) in [5.74, 6) is 0.692. The first-order chi connectivity index (χ1) is 8.76. The SMILES string of the molecule is CCOc1ccc(S(=O)(=O)N2CC(C)(O)C2)cc1C. The van der Waals surface area contributed by atoms with Gasteiger partial charge in [0.25, 0.3) is 0 Å². The van der Waals surface area contributed by atoms with Gasteiger partial charge < -0.3 is 9.84 Å². The summed E-state index contributed by atoms with van der Waals surface area (Å²) in [6.07, 6.45) is 0. The molecule has 1 fully saturated rings. The summed E-state index contributed by atoms with van der Waals surface area (Å²) in [7, 11) is -3.51. The first-order valence-electron chi connectivity index (χ1n) is 6.22. The Bertz CT molecular complexity index is 572. The van der Waals surface area contributed by atoms with Gasteiger partial charge in [0.1, 0.15) is 5.75 Å². The summed E-state index contributed by atoms with van der Waals surface area (Å²) in [6, 6.07) is 4.82. The summed E-state index contributed by atoms with van der Waals surface area (Å²) >= 11 is 0. The second-order valence-corrected chi connectivity index (χ2v) is 7.07. The molecule has 1 heterocycles. The van der Waals surface area contributed by atoms with Crippen molar-refractivity contribution in [3.63, 3.8) is 0 Å². The first kappa shape index (κ1) is 14.3. The molecule has 0 bridgehead atoms. The van der Waals surface area contributed by atoms with Gasteiger partial charge in [-0.1, -0.05) is 0 Å². The van der Waals surface area contributed by atoms with Gasteiger partial charge in [0.2, 0.25) is 10.0 Å². The summed E-state index contributed by atoms with van der Waals surface area (Å²) in [6.45, 7) is 6.15. The molecule has 1 saturated heterocycles. The zero-order chi connectivity index (χ0) is 14.3. The van der Waals surface area contributed by atoms with Gasteiger partial charge in [-0.15, -0.1) is 0 Å². The molecule has 0 spiro atoms. The van der Waals surface area contributed by atoms with Gasteiger partial charge in [-0.2, -0.15) is 4.31 Å². The Hall–Kier alpha value is -1.11. The number of β-amino-alcohol motifs (C(OH)–C–C–N with tert-alkyl or cyclic N) is 1. The Labute approximate surface area is 113 Å². The lowest BCUT2D eigenvalue weighted by Gasteiger charge is -2.42. The lowest BCUT2D eigenvalue weighted by molar-refractivity contribution is -0.0426. The van der Waals surface area contributed by atoms with Crippen molar-refractivity contribution in [3.05, 3.63) is 23.8 Å². The van der Waals surface area contributed by atoms with Crippen LogP contribution in [-0.2, 0) is 10.0 Å². The maximum atomic E-state index is 12.3. The molecule has 1 N–H and O–H groups in total. The van der Waals surface area contributed by atoms with Crippen molar-refractivity contribution in [1.29, 1.82) is 0 Å². The topological polar surface area (TPSA) is 66.8 Å². The van der Waals surface area contributed by atoms with Crippen LogP contribution in [0.5, 0.6) is 5.75 Å². The van der Waals surface area contributed by atoms with E-state index in [1.165, 1.54) is 4.31 Å². The summed E-state index contributed by atoms with van der Waals surface area (Å²) in [5.41, 5.74) is -0.122. The van der Waals surface area contributed by atoms with Crippen molar-refractivity contribution in [2.45, 2.75) is 31.3 Å². The maximum absolute atomic E-state index is 12.3. The van der Waals surface area contributed by atoms with Crippen molar-refractivity contribution in [2.24, 2.45) is 0 Å². The minimum absolute atomic E-state index is 0.140. The third-order valence-corrected chi connectivity index (χ3v) is 4.91. The minimum atomic E-state index is -3.51. The Morgan fingerprint density at radius 1 is 1.42 bits per heavy atom. The largest absolute Gasteiger partial charge is 0.494 e. The fourth-order valence-electron chi connectivity index (χ4n) is 2.13. The standard InChI is InChI=1S/C13H19NO4S/c1-4-18-12-6-5-11(7-10(12)2)19(16,17)14-8-13(3,15)9-14/h5-7,15H,4,8-9H2,1-3H3.